The second kappa shape index (κ2) is 5.02. The predicted molar refractivity (Wildman–Crippen MR) is 64.5 cm³/mol. The first kappa shape index (κ1) is 12.3. The fourth-order valence-corrected chi connectivity index (χ4v) is 2.34. The average Bonchev–Trinajstić information content (AvgIpc) is 2.64. The van der Waals surface area contributed by atoms with E-state index in [1.165, 1.54) is 12.1 Å². The maximum absolute atomic E-state index is 12.8. The molecule has 0 bridgehead atoms. The summed E-state index contributed by atoms with van der Waals surface area (Å²) in [5.41, 5.74) is 6.14. The summed E-state index contributed by atoms with van der Waals surface area (Å²) in [6.45, 7) is 0. The summed E-state index contributed by atoms with van der Waals surface area (Å²) in [4.78, 5) is 11.9. The van der Waals surface area contributed by atoms with Crippen LogP contribution in [0.25, 0.3) is 0 Å². The van der Waals surface area contributed by atoms with Crippen LogP contribution in [0.15, 0.2) is 18.2 Å². The van der Waals surface area contributed by atoms with E-state index >= 15 is 0 Å². The van der Waals surface area contributed by atoms with Gasteiger partial charge in [0.2, 0.25) is 0 Å². The fourth-order valence-electron chi connectivity index (χ4n) is 2.09. The van der Waals surface area contributed by atoms with E-state index in [0.29, 0.717) is 0 Å². The van der Waals surface area contributed by atoms with Crippen molar-refractivity contribution in [3.63, 3.8) is 0 Å². The Bertz CT molecular complexity index is 439. The van der Waals surface area contributed by atoms with E-state index in [4.69, 9.17) is 17.3 Å². The highest BCUT2D eigenvalue weighted by Gasteiger charge is 2.26. The second-order valence-electron chi connectivity index (χ2n) is 4.30. The molecule has 0 aliphatic heterocycles. The Balaban J connectivity index is 2.09. The largest absolute Gasteiger partial charge is 0.348 e. The summed E-state index contributed by atoms with van der Waals surface area (Å²) in [6, 6.07) is 3.72. The first-order valence-corrected chi connectivity index (χ1v) is 5.97. The summed E-state index contributed by atoms with van der Waals surface area (Å²) in [6.07, 6.45) is 2.82. The highest BCUT2D eigenvalue weighted by Crippen LogP contribution is 2.20. The summed E-state index contributed by atoms with van der Waals surface area (Å²) >= 11 is 5.81. The van der Waals surface area contributed by atoms with Crippen molar-refractivity contribution in [3.8, 4) is 0 Å². The van der Waals surface area contributed by atoms with Gasteiger partial charge < -0.3 is 11.1 Å². The van der Waals surface area contributed by atoms with Crippen LogP contribution < -0.4 is 11.1 Å². The number of nitrogens with one attached hydrogen (secondary N) is 1. The van der Waals surface area contributed by atoms with Crippen molar-refractivity contribution in [3.05, 3.63) is 34.6 Å². The van der Waals surface area contributed by atoms with Crippen molar-refractivity contribution in [1.29, 1.82) is 0 Å². The molecule has 5 heteroatoms. The van der Waals surface area contributed by atoms with Crippen molar-refractivity contribution in [2.75, 3.05) is 0 Å². The quantitative estimate of drug-likeness (QED) is 0.851. The monoisotopic (exact) mass is 256 g/mol. The number of carbonyl (C=O) groups is 1. The van der Waals surface area contributed by atoms with Gasteiger partial charge in [0.1, 0.15) is 5.82 Å². The van der Waals surface area contributed by atoms with Gasteiger partial charge in [-0.25, -0.2) is 4.39 Å². The lowest BCUT2D eigenvalue weighted by Crippen LogP contribution is -2.44. The van der Waals surface area contributed by atoms with Crippen molar-refractivity contribution in [2.45, 2.75) is 31.3 Å². The van der Waals surface area contributed by atoms with Gasteiger partial charge in [-0.05, 0) is 37.5 Å². The van der Waals surface area contributed by atoms with E-state index < -0.39 is 5.82 Å². The summed E-state index contributed by atoms with van der Waals surface area (Å²) in [5, 5.41) is 2.95. The molecule has 2 rings (SSSR count). The van der Waals surface area contributed by atoms with Gasteiger partial charge in [-0.2, -0.15) is 0 Å². The Kier molecular flexibility index (Phi) is 3.64. The molecule has 92 valence electrons. The molecule has 2 unspecified atom stereocenters. The van der Waals surface area contributed by atoms with Crippen LogP contribution in [0.3, 0.4) is 0 Å². The van der Waals surface area contributed by atoms with Gasteiger partial charge in [0, 0.05) is 12.1 Å². The molecule has 0 radical (unpaired) electrons. The highest BCUT2D eigenvalue weighted by molar-refractivity contribution is 6.33. The van der Waals surface area contributed by atoms with Crippen LogP contribution in [-0.4, -0.2) is 18.0 Å². The number of hydrogen-bond donors (Lipinski definition) is 2. The Morgan fingerprint density at radius 2 is 2.24 bits per heavy atom. The molecule has 0 saturated heterocycles. The van der Waals surface area contributed by atoms with E-state index in [1.807, 2.05) is 0 Å². The highest BCUT2D eigenvalue weighted by atomic mass is 35.5. The molecule has 0 aromatic heterocycles. The lowest BCUT2D eigenvalue weighted by molar-refractivity contribution is 0.0934. The smallest absolute Gasteiger partial charge is 0.253 e. The van der Waals surface area contributed by atoms with E-state index in [0.717, 1.165) is 25.3 Å². The maximum atomic E-state index is 12.8. The minimum atomic E-state index is -0.455. The molecule has 1 fully saturated rings. The lowest BCUT2D eigenvalue weighted by Gasteiger charge is -2.17. The van der Waals surface area contributed by atoms with Crippen LogP contribution in [-0.2, 0) is 0 Å². The minimum absolute atomic E-state index is 0.00169. The molecule has 1 aliphatic carbocycles. The Labute approximate surface area is 104 Å². The number of amides is 1. The third-order valence-corrected chi connectivity index (χ3v) is 3.37. The number of hydrogen-bond acceptors (Lipinski definition) is 2. The van der Waals surface area contributed by atoms with Gasteiger partial charge >= 0.3 is 0 Å². The first-order valence-electron chi connectivity index (χ1n) is 5.59. The van der Waals surface area contributed by atoms with Gasteiger partial charge in [0.25, 0.3) is 5.91 Å². The Morgan fingerprint density at radius 1 is 1.47 bits per heavy atom. The van der Waals surface area contributed by atoms with Crippen molar-refractivity contribution < 1.29 is 9.18 Å². The molecule has 0 spiro atoms. The molecular formula is C12H14ClFN2O. The number of halogens is 2. The Hall–Kier alpha value is -1.13. The molecule has 1 aromatic carbocycles. The van der Waals surface area contributed by atoms with Crippen molar-refractivity contribution in [1.82, 2.24) is 5.32 Å². The van der Waals surface area contributed by atoms with Crippen LogP contribution in [0.2, 0.25) is 5.02 Å². The van der Waals surface area contributed by atoms with Gasteiger partial charge in [-0.3, -0.25) is 4.79 Å². The van der Waals surface area contributed by atoms with Crippen molar-refractivity contribution in [2.24, 2.45) is 5.73 Å². The normalized spacial score (nSPS) is 23.7. The third kappa shape index (κ3) is 2.76. The van der Waals surface area contributed by atoms with E-state index in [1.54, 1.807) is 0 Å². The molecule has 0 heterocycles. The van der Waals surface area contributed by atoms with E-state index in [9.17, 15) is 9.18 Å². The molecule has 1 amide bonds. The summed E-state index contributed by atoms with van der Waals surface area (Å²) in [7, 11) is 0. The molecule has 17 heavy (non-hydrogen) atoms. The zero-order valence-corrected chi connectivity index (χ0v) is 10.0. The molecular weight excluding hydrogens is 243 g/mol. The lowest BCUT2D eigenvalue weighted by atomic mass is 10.1. The number of nitrogens with two attached hydrogens (primary N) is 1. The average molecular weight is 257 g/mol. The number of rotatable bonds is 2. The van der Waals surface area contributed by atoms with Crippen LogP contribution in [0.1, 0.15) is 29.6 Å². The molecule has 3 N–H and O–H groups in total. The molecule has 2 atom stereocenters. The van der Waals surface area contributed by atoms with Gasteiger partial charge in [0.15, 0.2) is 0 Å². The first-order chi connectivity index (χ1) is 8.08. The van der Waals surface area contributed by atoms with E-state index in [-0.39, 0.29) is 28.6 Å². The van der Waals surface area contributed by atoms with Crippen LogP contribution in [0.5, 0.6) is 0 Å². The Morgan fingerprint density at radius 3 is 2.82 bits per heavy atom. The third-order valence-electron chi connectivity index (χ3n) is 3.06. The second-order valence-corrected chi connectivity index (χ2v) is 4.71. The molecule has 1 aliphatic rings. The van der Waals surface area contributed by atoms with Gasteiger partial charge in [0.05, 0.1) is 10.6 Å². The number of benzene rings is 1. The van der Waals surface area contributed by atoms with Crippen molar-refractivity contribution >= 4 is 17.5 Å². The van der Waals surface area contributed by atoms with Crippen LogP contribution >= 0.6 is 11.6 Å². The van der Waals surface area contributed by atoms with Gasteiger partial charge in [-0.15, -0.1) is 0 Å². The van der Waals surface area contributed by atoms with Crippen LogP contribution in [0.4, 0.5) is 4.39 Å². The summed E-state index contributed by atoms with van der Waals surface area (Å²) in [5.74, 6) is -0.749. The summed E-state index contributed by atoms with van der Waals surface area (Å²) < 4.78 is 12.8. The topological polar surface area (TPSA) is 55.1 Å². The predicted octanol–water partition coefficient (Wildman–Crippen LogP) is 2.09. The molecule has 1 aromatic rings. The molecule has 1 saturated carbocycles. The minimum Gasteiger partial charge on any atom is -0.348 e. The van der Waals surface area contributed by atoms with E-state index in [2.05, 4.69) is 5.32 Å². The molecule has 3 nitrogen and oxygen atoms in total. The SMILES string of the molecule is NC1CCCC1NC(=O)c1ccc(F)cc1Cl. The van der Waals surface area contributed by atoms with Gasteiger partial charge in [-0.1, -0.05) is 11.6 Å². The fraction of sp³-hybridized carbons (Fsp3) is 0.417. The standard InChI is InChI=1S/C12H14ClFN2O/c13-9-6-7(14)4-5-8(9)12(17)16-11-3-1-2-10(11)15/h4-6,10-11H,1-3,15H2,(H,16,17). The zero-order chi connectivity index (χ0) is 12.4. The number of carbonyl (C=O) groups excluding carboxylic acids is 1. The zero-order valence-electron chi connectivity index (χ0n) is 9.25. The van der Waals surface area contributed by atoms with Crippen LogP contribution in [0, 0.1) is 5.82 Å². The maximum Gasteiger partial charge on any atom is 0.253 e.